The standard InChI is InChI=1S/C24H25FN4O3S/c1-2-18-5-3-4-6-20(18)29(16-22(31)27-15-17-7-9-19(25)10-8-17)23(32)12-11-21(30)28-24-26-13-14-33-24/h3-10,13-14H,2,11-12,15-16H2,1H3,(H,27,31)(H,26,28,30). The molecule has 2 aromatic carbocycles. The van der Waals surface area contributed by atoms with Crippen LogP contribution in [0.2, 0.25) is 0 Å². The number of anilines is 2. The van der Waals surface area contributed by atoms with Crippen molar-refractivity contribution in [2.45, 2.75) is 32.7 Å². The first-order chi connectivity index (χ1) is 16.0. The van der Waals surface area contributed by atoms with Gasteiger partial charge in [-0.25, -0.2) is 9.37 Å². The van der Waals surface area contributed by atoms with E-state index in [9.17, 15) is 18.8 Å². The minimum Gasteiger partial charge on any atom is -0.350 e. The van der Waals surface area contributed by atoms with Crippen LogP contribution in [-0.4, -0.2) is 29.3 Å². The van der Waals surface area contributed by atoms with Crippen LogP contribution in [0.1, 0.15) is 30.9 Å². The third-order valence-electron chi connectivity index (χ3n) is 4.91. The maximum Gasteiger partial charge on any atom is 0.240 e. The summed E-state index contributed by atoms with van der Waals surface area (Å²) in [5.74, 6) is -1.35. The highest BCUT2D eigenvalue weighted by atomic mass is 32.1. The molecule has 9 heteroatoms. The molecule has 0 aliphatic heterocycles. The summed E-state index contributed by atoms with van der Waals surface area (Å²) in [6.45, 7) is 2.00. The largest absolute Gasteiger partial charge is 0.350 e. The molecule has 1 aromatic heterocycles. The van der Waals surface area contributed by atoms with Gasteiger partial charge in [-0.15, -0.1) is 11.3 Å². The lowest BCUT2D eigenvalue weighted by molar-refractivity contribution is -0.125. The van der Waals surface area contributed by atoms with Crippen LogP contribution in [0.4, 0.5) is 15.2 Å². The van der Waals surface area contributed by atoms with E-state index in [1.165, 1.54) is 28.4 Å². The molecule has 0 fully saturated rings. The monoisotopic (exact) mass is 468 g/mol. The average Bonchev–Trinajstić information content (AvgIpc) is 3.33. The molecule has 0 radical (unpaired) electrons. The number of carbonyl (C=O) groups is 3. The highest BCUT2D eigenvalue weighted by molar-refractivity contribution is 7.13. The van der Waals surface area contributed by atoms with Crippen molar-refractivity contribution in [3.05, 3.63) is 77.1 Å². The number of hydrogen-bond donors (Lipinski definition) is 2. The molecular weight excluding hydrogens is 443 g/mol. The van der Waals surface area contributed by atoms with Gasteiger partial charge in [0.1, 0.15) is 12.4 Å². The normalized spacial score (nSPS) is 10.5. The van der Waals surface area contributed by atoms with Crippen LogP contribution in [0, 0.1) is 5.82 Å². The van der Waals surface area contributed by atoms with Gasteiger partial charge in [0.2, 0.25) is 17.7 Å². The molecule has 33 heavy (non-hydrogen) atoms. The lowest BCUT2D eigenvalue weighted by atomic mass is 10.1. The molecule has 2 N–H and O–H groups in total. The summed E-state index contributed by atoms with van der Waals surface area (Å²) in [4.78, 5) is 43.3. The fourth-order valence-corrected chi connectivity index (χ4v) is 3.75. The number of nitrogens with one attached hydrogen (secondary N) is 2. The average molecular weight is 469 g/mol. The van der Waals surface area contributed by atoms with Crippen molar-refractivity contribution in [1.29, 1.82) is 0 Å². The van der Waals surface area contributed by atoms with Crippen LogP contribution < -0.4 is 15.5 Å². The number of benzene rings is 2. The van der Waals surface area contributed by atoms with Crippen LogP contribution >= 0.6 is 11.3 Å². The third kappa shape index (κ3) is 7.21. The number of aromatic nitrogens is 1. The molecule has 0 saturated heterocycles. The van der Waals surface area contributed by atoms with Gasteiger partial charge in [0.25, 0.3) is 0 Å². The number of aryl methyl sites for hydroxylation is 1. The van der Waals surface area contributed by atoms with Crippen molar-refractivity contribution in [3.8, 4) is 0 Å². The minimum absolute atomic E-state index is 0.0274. The maximum atomic E-state index is 13.1. The van der Waals surface area contributed by atoms with Gasteiger partial charge in [0, 0.05) is 36.7 Å². The first-order valence-corrected chi connectivity index (χ1v) is 11.4. The van der Waals surface area contributed by atoms with E-state index in [4.69, 9.17) is 0 Å². The number of thiazole rings is 1. The molecule has 0 unspecified atom stereocenters. The second-order valence-corrected chi connectivity index (χ2v) is 8.15. The van der Waals surface area contributed by atoms with E-state index in [1.54, 1.807) is 35.8 Å². The summed E-state index contributed by atoms with van der Waals surface area (Å²) in [7, 11) is 0. The van der Waals surface area contributed by atoms with Gasteiger partial charge >= 0.3 is 0 Å². The Morgan fingerprint density at radius 2 is 1.79 bits per heavy atom. The summed E-state index contributed by atoms with van der Waals surface area (Å²) < 4.78 is 13.1. The predicted molar refractivity (Wildman–Crippen MR) is 126 cm³/mol. The van der Waals surface area contributed by atoms with Crippen LogP contribution in [-0.2, 0) is 27.3 Å². The number of carbonyl (C=O) groups excluding carboxylic acids is 3. The van der Waals surface area contributed by atoms with Crippen molar-refractivity contribution >= 4 is 39.9 Å². The summed E-state index contributed by atoms with van der Waals surface area (Å²) in [6.07, 6.45) is 2.18. The first kappa shape index (κ1) is 24.1. The smallest absolute Gasteiger partial charge is 0.240 e. The second kappa shape index (κ2) is 11.9. The molecule has 0 saturated carbocycles. The van der Waals surface area contributed by atoms with E-state index in [1.807, 2.05) is 19.1 Å². The van der Waals surface area contributed by atoms with E-state index in [0.29, 0.717) is 17.2 Å². The lowest BCUT2D eigenvalue weighted by Gasteiger charge is -2.25. The van der Waals surface area contributed by atoms with Gasteiger partial charge in [0.05, 0.1) is 0 Å². The van der Waals surface area contributed by atoms with Crippen molar-refractivity contribution in [1.82, 2.24) is 10.3 Å². The van der Waals surface area contributed by atoms with E-state index in [2.05, 4.69) is 15.6 Å². The molecule has 0 aliphatic rings. The molecule has 3 rings (SSSR count). The molecule has 1 heterocycles. The predicted octanol–water partition coefficient (Wildman–Crippen LogP) is 3.91. The molecule has 0 spiro atoms. The van der Waals surface area contributed by atoms with Gasteiger partial charge in [-0.2, -0.15) is 0 Å². The van der Waals surface area contributed by atoms with Crippen molar-refractivity contribution in [2.75, 3.05) is 16.8 Å². The molecule has 3 aromatic rings. The molecule has 172 valence electrons. The fourth-order valence-electron chi connectivity index (χ4n) is 3.21. The highest BCUT2D eigenvalue weighted by Gasteiger charge is 2.22. The molecule has 7 nitrogen and oxygen atoms in total. The Balaban J connectivity index is 1.66. The molecule has 0 atom stereocenters. The maximum absolute atomic E-state index is 13.1. The van der Waals surface area contributed by atoms with Crippen molar-refractivity contribution < 1.29 is 18.8 Å². The molecule has 0 bridgehead atoms. The van der Waals surface area contributed by atoms with Gasteiger partial charge in [-0.05, 0) is 35.7 Å². The van der Waals surface area contributed by atoms with Crippen LogP contribution in [0.5, 0.6) is 0 Å². The van der Waals surface area contributed by atoms with E-state index in [-0.39, 0.29) is 49.5 Å². The quantitative estimate of drug-likeness (QED) is 0.472. The Hall–Kier alpha value is -3.59. The SMILES string of the molecule is CCc1ccccc1N(CC(=O)NCc1ccc(F)cc1)C(=O)CCC(=O)Nc1nccs1. The number of hydrogen-bond acceptors (Lipinski definition) is 5. The Kier molecular flexibility index (Phi) is 8.65. The third-order valence-corrected chi connectivity index (χ3v) is 5.60. The highest BCUT2D eigenvalue weighted by Crippen LogP contribution is 2.22. The van der Waals surface area contributed by atoms with Gasteiger partial charge < -0.3 is 15.5 Å². The molecule has 3 amide bonds. The van der Waals surface area contributed by atoms with Crippen LogP contribution in [0.25, 0.3) is 0 Å². The van der Waals surface area contributed by atoms with Crippen LogP contribution in [0.15, 0.2) is 60.1 Å². The zero-order valence-electron chi connectivity index (χ0n) is 18.2. The number of para-hydroxylation sites is 1. The number of nitrogens with zero attached hydrogens (tertiary/aromatic N) is 2. The minimum atomic E-state index is -0.356. The van der Waals surface area contributed by atoms with Crippen molar-refractivity contribution in [2.24, 2.45) is 0 Å². The van der Waals surface area contributed by atoms with E-state index < -0.39 is 0 Å². The summed E-state index contributed by atoms with van der Waals surface area (Å²) in [5, 5.41) is 7.64. The fraction of sp³-hybridized carbons (Fsp3) is 0.250. The number of halogens is 1. The molecular formula is C24H25FN4O3S. The first-order valence-electron chi connectivity index (χ1n) is 10.5. The van der Waals surface area contributed by atoms with Crippen molar-refractivity contribution in [3.63, 3.8) is 0 Å². The second-order valence-electron chi connectivity index (χ2n) is 7.25. The van der Waals surface area contributed by atoms with E-state index in [0.717, 1.165) is 11.1 Å². The van der Waals surface area contributed by atoms with E-state index >= 15 is 0 Å². The Bertz CT molecular complexity index is 1090. The Morgan fingerprint density at radius 1 is 1.03 bits per heavy atom. The Morgan fingerprint density at radius 3 is 2.48 bits per heavy atom. The number of rotatable bonds is 10. The van der Waals surface area contributed by atoms with Gasteiger partial charge in [0.15, 0.2) is 5.13 Å². The Labute approximate surface area is 195 Å². The summed E-state index contributed by atoms with van der Waals surface area (Å²) in [5.41, 5.74) is 2.31. The number of amides is 3. The summed E-state index contributed by atoms with van der Waals surface area (Å²) in [6, 6.07) is 13.2. The zero-order valence-corrected chi connectivity index (χ0v) is 19.0. The van der Waals surface area contributed by atoms with Crippen LogP contribution in [0.3, 0.4) is 0 Å². The summed E-state index contributed by atoms with van der Waals surface area (Å²) >= 11 is 1.29. The molecule has 0 aliphatic carbocycles. The lowest BCUT2D eigenvalue weighted by Crippen LogP contribution is -2.41. The van der Waals surface area contributed by atoms with Gasteiger partial charge in [-0.3, -0.25) is 14.4 Å². The van der Waals surface area contributed by atoms with Gasteiger partial charge in [-0.1, -0.05) is 37.3 Å². The zero-order chi connectivity index (χ0) is 23.6. The topological polar surface area (TPSA) is 91.4 Å².